The maximum absolute atomic E-state index is 9.55. The predicted molar refractivity (Wildman–Crippen MR) is 120 cm³/mol. The van der Waals surface area contributed by atoms with Crippen molar-refractivity contribution in [1.29, 1.82) is 0 Å². The third kappa shape index (κ3) is 3.92. The average Bonchev–Trinajstić information content (AvgIpc) is 3.49. The molecule has 6 rings (SSSR count). The van der Waals surface area contributed by atoms with Crippen molar-refractivity contribution in [3.05, 3.63) is 71.0 Å². The third-order valence-corrected chi connectivity index (χ3v) is 6.05. The van der Waals surface area contributed by atoms with Gasteiger partial charge in [0.2, 0.25) is 13.6 Å². The summed E-state index contributed by atoms with van der Waals surface area (Å²) in [5.41, 5.74) is 3.71. The molecule has 0 spiro atoms. The largest absolute Gasteiger partial charge is 0.496 e. The zero-order valence-corrected chi connectivity index (χ0v) is 18.9. The Balaban J connectivity index is 0.000000277. The van der Waals surface area contributed by atoms with Gasteiger partial charge in [-0.15, -0.1) is 0 Å². The lowest BCUT2D eigenvalue weighted by molar-refractivity contribution is -0.678. The number of fused-ring (bicyclic) bond motifs is 8. The van der Waals surface area contributed by atoms with Crippen LogP contribution in [0.5, 0.6) is 17.2 Å². The standard InChI is InChI=1S/C21H18NO5.C4H4O4/c1-22-8-14-19(17(23-2)7-18-21(14)27-10-26-18)12-4-3-11-5-15-16(25-9-24-15)6-13(11)20(12)22;5-3(6)1-2-4(7)8/h3,5-8,13H,4,9-10H2,1-2H3;1-2H,(H,5,6)(H,7,8)/q+1;/b;2-1+. The SMILES string of the molecule is COc1cc2c(c3c[n+](C)c4c(c13)CC=C1C=C3OCOC3=CC14)OCO2.O=C(O)/C=C/C(=O)O. The number of benzene rings is 1. The number of carbonyl (C=O) groups is 2. The highest BCUT2D eigenvalue weighted by Gasteiger charge is 2.37. The van der Waals surface area contributed by atoms with E-state index < -0.39 is 11.9 Å². The molecule has 3 heterocycles. The van der Waals surface area contributed by atoms with Gasteiger partial charge in [0.1, 0.15) is 12.8 Å². The first kappa shape index (κ1) is 22.3. The highest BCUT2D eigenvalue weighted by Crippen LogP contribution is 2.48. The van der Waals surface area contributed by atoms with Gasteiger partial charge in [-0.25, -0.2) is 14.2 Å². The average molecular weight is 480 g/mol. The number of aliphatic carboxylic acids is 2. The van der Waals surface area contributed by atoms with Gasteiger partial charge in [0, 0.05) is 29.2 Å². The number of allylic oxidation sites excluding steroid dienone is 4. The Bertz CT molecular complexity index is 1370. The predicted octanol–water partition coefficient (Wildman–Crippen LogP) is 2.47. The normalized spacial score (nSPS) is 18.6. The van der Waals surface area contributed by atoms with Crippen LogP contribution in [0.25, 0.3) is 10.8 Å². The molecule has 1 aromatic carbocycles. The molecule has 180 valence electrons. The number of methoxy groups -OCH3 is 1. The molecule has 2 aromatic rings. The Hall–Kier alpha value is -4.47. The highest BCUT2D eigenvalue weighted by atomic mass is 16.7. The van der Waals surface area contributed by atoms with Crippen LogP contribution in [0.3, 0.4) is 0 Å². The summed E-state index contributed by atoms with van der Waals surface area (Å²) in [5, 5.41) is 17.7. The van der Waals surface area contributed by atoms with Crippen LogP contribution in [-0.4, -0.2) is 42.8 Å². The number of rotatable bonds is 3. The number of nitrogens with zero attached hydrogens (tertiary/aromatic N) is 1. The molecule has 1 atom stereocenters. The lowest BCUT2D eigenvalue weighted by Crippen LogP contribution is -2.38. The fourth-order valence-electron chi connectivity index (χ4n) is 4.67. The molecule has 0 radical (unpaired) electrons. The first-order valence-corrected chi connectivity index (χ1v) is 10.7. The van der Waals surface area contributed by atoms with E-state index >= 15 is 0 Å². The summed E-state index contributed by atoms with van der Waals surface area (Å²) in [6.07, 6.45) is 10.5. The van der Waals surface area contributed by atoms with Gasteiger partial charge < -0.3 is 33.9 Å². The molecular weight excluding hydrogens is 458 g/mol. The molecule has 35 heavy (non-hydrogen) atoms. The van der Waals surface area contributed by atoms with Crippen molar-refractivity contribution in [2.75, 3.05) is 20.7 Å². The summed E-state index contributed by atoms with van der Waals surface area (Å²) in [7, 11) is 3.77. The van der Waals surface area contributed by atoms with Gasteiger partial charge in [0.15, 0.2) is 34.9 Å². The van der Waals surface area contributed by atoms with Crippen LogP contribution in [-0.2, 0) is 32.5 Å². The van der Waals surface area contributed by atoms with Crippen molar-refractivity contribution in [3.8, 4) is 17.2 Å². The van der Waals surface area contributed by atoms with E-state index in [0.717, 1.165) is 46.0 Å². The summed E-state index contributed by atoms with van der Waals surface area (Å²) in [6, 6.07) is 1.93. The van der Waals surface area contributed by atoms with Crippen molar-refractivity contribution < 1.29 is 48.1 Å². The molecule has 10 nitrogen and oxygen atoms in total. The molecule has 10 heteroatoms. The Morgan fingerprint density at radius 2 is 1.80 bits per heavy atom. The molecule has 2 N–H and O–H groups in total. The van der Waals surface area contributed by atoms with Crippen molar-refractivity contribution in [1.82, 2.24) is 0 Å². The van der Waals surface area contributed by atoms with Crippen LogP contribution in [0, 0.1) is 0 Å². The van der Waals surface area contributed by atoms with Crippen molar-refractivity contribution in [3.63, 3.8) is 0 Å². The molecule has 1 fully saturated rings. The van der Waals surface area contributed by atoms with Crippen LogP contribution in [0.1, 0.15) is 17.2 Å². The summed E-state index contributed by atoms with van der Waals surface area (Å²) >= 11 is 0. The Morgan fingerprint density at radius 3 is 2.51 bits per heavy atom. The number of hydrogen-bond donors (Lipinski definition) is 2. The minimum absolute atomic E-state index is 0.124. The monoisotopic (exact) mass is 480 g/mol. The van der Waals surface area contributed by atoms with Gasteiger partial charge in [0.25, 0.3) is 0 Å². The lowest BCUT2D eigenvalue weighted by atomic mass is 9.80. The summed E-state index contributed by atoms with van der Waals surface area (Å²) in [5.74, 6) is 1.58. The molecule has 2 aliphatic carbocycles. The van der Waals surface area contributed by atoms with Gasteiger partial charge in [0.05, 0.1) is 18.4 Å². The van der Waals surface area contributed by atoms with Gasteiger partial charge >= 0.3 is 11.9 Å². The number of aromatic nitrogens is 1. The molecule has 2 aliphatic heterocycles. The number of aryl methyl sites for hydroxylation is 1. The maximum Gasteiger partial charge on any atom is 0.328 e. The fourth-order valence-corrected chi connectivity index (χ4v) is 4.67. The lowest BCUT2D eigenvalue weighted by Gasteiger charge is -2.25. The van der Waals surface area contributed by atoms with Gasteiger partial charge in [-0.3, -0.25) is 0 Å². The van der Waals surface area contributed by atoms with E-state index in [1.54, 1.807) is 7.11 Å². The maximum atomic E-state index is 9.55. The molecule has 0 amide bonds. The van der Waals surface area contributed by atoms with Crippen molar-refractivity contribution in [2.24, 2.45) is 7.05 Å². The number of carboxylic acids is 2. The van der Waals surface area contributed by atoms with Crippen LogP contribution in [0.2, 0.25) is 0 Å². The Labute approximate surface area is 199 Å². The summed E-state index contributed by atoms with van der Waals surface area (Å²) in [4.78, 5) is 19.1. The third-order valence-electron chi connectivity index (χ3n) is 6.05. The number of carboxylic acid groups (broad SMARTS) is 2. The van der Waals surface area contributed by atoms with Crippen LogP contribution in [0.15, 0.2) is 59.7 Å². The van der Waals surface area contributed by atoms with Gasteiger partial charge in [-0.2, -0.15) is 0 Å². The van der Waals surface area contributed by atoms with Gasteiger partial charge in [-0.05, 0) is 24.1 Å². The molecular formula is C25H22NO9+. The van der Waals surface area contributed by atoms with Crippen molar-refractivity contribution >= 4 is 22.7 Å². The number of ether oxygens (including phenoxy) is 5. The summed E-state index contributed by atoms with van der Waals surface area (Å²) < 4.78 is 30.4. The second-order valence-corrected chi connectivity index (χ2v) is 8.05. The molecule has 1 saturated heterocycles. The quantitative estimate of drug-likeness (QED) is 0.503. The molecule has 1 aromatic heterocycles. The molecule has 4 aliphatic rings. The van der Waals surface area contributed by atoms with Gasteiger partial charge in [-0.1, -0.05) is 6.08 Å². The van der Waals surface area contributed by atoms with Crippen LogP contribution >= 0.6 is 0 Å². The van der Waals surface area contributed by atoms with Crippen LogP contribution in [0.4, 0.5) is 0 Å². The fraction of sp³-hybridized carbons (Fsp3) is 0.240. The number of pyridine rings is 1. The van der Waals surface area contributed by atoms with Crippen molar-refractivity contribution in [2.45, 2.75) is 12.3 Å². The summed E-state index contributed by atoms with van der Waals surface area (Å²) in [6.45, 7) is 0.522. The molecule has 0 bridgehead atoms. The van der Waals surface area contributed by atoms with E-state index in [1.807, 2.05) is 6.07 Å². The minimum Gasteiger partial charge on any atom is -0.496 e. The molecule has 0 saturated carbocycles. The van der Waals surface area contributed by atoms with E-state index in [2.05, 4.69) is 36.0 Å². The first-order chi connectivity index (χ1) is 16.9. The Morgan fingerprint density at radius 1 is 1.09 bits per heavy atom. The number of hydrogen-bond acceptors (Lipinski definition) is 7. The molecule has 1 unspecified atom stereocenters. The topological polar surface area (TPSA) is 125 Å². The minimum atomic E-state index is -1.26. The second kappa shape index (κ2) is 8.71. The zero-order chi connectivity index (χ0) is 24.7. The first-order valence-electron chi connectivity index (χ1n) is 10.7. The van der Waals surface area contributed by atoms with Crippen LogP contribution < -0.4 is 18.8 Å². The highest BCUT2D eigenvalue weighted by molar-refractivity contribution is 5.98. The van der Waals surface area contributed by atoms with E-state index in [9.17, 15) is 9.59 Å². The second-order valence-electron chi connectivity index (χ2n) is 8.05. The van der Waals surface area contributed by atoms with E-state index in [-0.39, 0.29) is 19.5 Å². The zero-order valence-electron chi connectivity index (χ0n) is 18.9. The van der Waals surface area contributed by atoms with E-state index in [4.69, 9.17) is 33.9 Å². The van der Waals surface area contributed by atoms with E-state index in [0.29, 0.717) is 12.2 Å². The smallest absolute Gasteiger partial charge is 0.328 e. The van der Waals surface area contributed by atoms with E-state index in [1.165, 1.54) is 16.8 Å². The Kier molecular flexibility index (Phi) is 5.56.